The van der Waals surface area contributed by atoms with E-state index in [1.165, 1.54) is 0 Å². The van der Waals surface area contributed by atoms with Crippen LogP contribution in [0.3, 0.4) is 0 Å². The molecule has 3 nitrogen and oxygen atoms in total. The largest absolute Gasteiger partial charge is 0.493 e. The van der Waals surface area contributed by atoms with Gasteiger partial charge < -0.3 is 14.8 Å². The first-order valence-corrected chi connectivity index (χ1v) is 7.15. The lowest BCUT2D eigenvalue weighted by molar-refractivity contribution is 0.184. The molecular weight excluding hydrogens is 262 g/mol. The van der Waals surface area contributed by atoms with E-state index in [4.69, 9.17) is 21.1 Å². The van der Waals surface area contributed by atoms with E-state index >= 15 is 0 Å². The molecule has 0 aliphatic carbocycles. The number of halogens is 1. The number of hydrogen-bond acceptors (Lipinski definition) is 3. The molecule has 1 aromatic rings. The van der Waals surface area contributed by atoms with Crippen molar-refractivity contribution >= 4 is 11.6 Å². The summed E-state index contributed by atoms with van der Waals surface area (Å²) in [4.78, 5) is 0. The molecule has 0 saturated carbocycles. The van der Waals surface area contributed by atoms with Gasteiger partial charge in [0.25, 0.3) is 0 Å². The van der Waals surface area contributed by atoms with E-state index < -0.39 is 0 Å². The molecular formula is C15H24ClNO2. The highest BCUT2D eigenvalue weighted by atomic mass is 35.5. The number of methoxy groups -OCH3 is 1. The topological polar surface area (TPSA) is 30.5 Å². The number of unbranched alkanes of at least 4 members (excludes halogenated alkanes) is 1. The van der Waals surface area contributed by atoms with E-state index in [-0.39, 0.29) is 0 Å². The molecule has 0 unspecified atom stereocenters. The summed E-state index contributed by atoms with van der Waals surface area (Å²) < 4.78 is 10.8. The molecule has 1 N–H and O–H groups in total. The lowest BCUT2D eigenvalue weighted by Crippen LogP contribution is -2.22. The second kappa shape index (κ2) is 9.18. The fourth-order valence-electron chi connectivity index (χ4n) is 1.67. The van der Waals surface area contributed by atoms with Crippen molar-refractivity contribution in [2.75, 3.05) is 20.3 Å². The van der Waals surface area contributed by atoms with Gasteiger partial charge in [-0.25, -0.2) is 0 Å². The van der Waals surface area contributed by atoms with Crippen LogP contribution >= 0.6 is 11.6 Å². The van der Waals surface area contributed by atoms with Crippen molar-refractivity contribution < 1.29 is 9.47 Å². The number of ether oxygens (including phenoxy) is 2. The molecule has 0 saturated heterocycles. The maximum absolute atomic E-state index is 6.03. The zero-order chi connectivity index (χ0) is 14.1. The van der Waals surface area contributed by atoms with Gasteiger partial charge in [0.05, 0.1) is 6.61 Å². The zero-order valence-corrected chi connectivity index (χ0v) is 12.8. The van der Waals surface area contributed by atoms with Gasteiger partial charge in [-0.2, -0.15) is 0 Å². The van der Waals surface area contributed by atoms with Gasteiger partial charge in [-0.3, -0.25) is 0 Å². The summed E-state index contributed by atoms with van der Waals surface area (Å²) in [5.74, 6) is 0.912. The van der Waals surface area contributed by atoms with Crippen LogP contribution in [-0.4, -0.2) is 26.4 Å². The van der Waals surface area contributed by atoms with Gasteiger partial charge in [-0.05, 0) is 31.0 Å². The van der Waals surface area contributed by atoms with Crippen LogP contribution in [0, 0.1) is 0 Å². The van der Waals surface area contributed by atoms with Crippen LogP contribution in [0.5, 0.6) is 5.75 Å². The smallest absolute Gasteiger partial charge is 0.123 e. The second-order valence-electron chi connectivity index (χ2n) is 4.84. The summed E-state index contributed by atoms with van der Waals surface area (Å²) in [7, 11) is 1.72. The molecule has 0 spiro atoms. The van der Waals surface area contributed by atoms with Crippen molar-refractivity contribution in [1.82, 2.24) is 5.32 Å². The van der Waals surface area contributed by atoms with Gasteiger partial charge in [0.15, 0.2) is 0 Å². The summed E-state index contributed by atoms with van der Waals surface area (Å²) in [6.45, 7) is 6.50. The van der Waals surface area contributed by atoms with E-state index in [0.29, 0.717) is 12.6 Å². The fraction of sp³-hybridized carbons (Fsp3) is 0.600. The highest BCUT2D eigenvalue weighted by Crippen LogP contribution is 2.23. The zero-order valence-electron chi connectivity index (χ0n) is 12.0. The molecule has 0 atom stereocenters. The first kappa shape index (κ1) is 16.3. The van der Waals surface area contributed by atoms with Crippen LogP contribution in [-0.2, 0) is 11.3 Å². The van der Waals surface area contributed by atoms with Crippen LogP contribution in [0.25, 0.3) is 0 Å². The van der Waals surface area contributed by atoms with Crippen molar-refractivity contribution in [3.8, 4) is 5.75 Å². The van der Waals surface area contributed by atoms with Crippen LogP contribution < -0.4 is 10.1 Å². The Morgan fingerprint density at radius 1 is 1.21 bits per heavy atom. The van der Waals surface area contributed by atoms with E-state index in [9.17, 15) is 0 Å². The molecule has 0 heterocycles. The molecule has 0 radical (unpaired) electrons. The van der Waals surface area contributed by atoms with Crippen molar-refractivity contribution in [2.45, 2.75) is 39.3 Å². The van der Waals surface area contributed by atoms with E-state index in [0.717, 1.165) is 42.3 Å². The molecule has 0 aromatic heterocycles. The summed E-state index contributed by atoms with van der Waals surface area (Å²) in [6, 6.07) is 6.20. The Kier molecular flexibility index (Phi) is 7.87. The standard InChI is InChI=1S/C15H24ClNO2/c1-12(2)17-11-13-10-14(16)6-7-15(13)19-9-5-4-8-18-3/h6-7,10,12,17H,4-5,8-9,11H2,1-3H3. The van der Waals surface area contributed by atoms with Crippen LogP contribution in [0.1, 0.15) is 32.3 Å². The average Bonchev–Trinajstić information content (AvgIpc) is 2.38. The molecule has 0 aliphatic heterocycles. The molecule has 0 bridgehead atoms. The maximum atomic E-state index is 6.03. The third-order valence-electron chi connectivity index (χ3n) is 2.72. The lowest BCUT2D eigenvalue weighted by atomic mass is 10.2. The normalized spacial score (nSPS) is 11.0. The number of nitrogens with one attached hydrogen (secondary N) is 1. The van der Waals surface area contributed by atoms with Gasteiger partial charge in [0.2, 0.25) is 0 Å². The van der Waals surface area contributed by atoms with E-state index in [2.05, 4.69) is 19.2 Å². The third-order valence-corrected chi connectivity index (χ3v) is 2.96. The number of benzene rings is 1. The summed E-state index contributed by atoms with van der Waals surface area (Å²) in [6.07, 6.45) is 2.01. The van der Waals surface area contributed by atoms with Crippen molar-refractivity contribution in [1.29, 1.82) is 0 Å². The van der Waals surface area contributed by atoms with E-state index in [1.54, 1.807) is 7.11 Å². The summed E-state index contributed by atoms with van der Waals surface area (Å²) >= 11 is 6.03. The van der Waals surface area contributed by atoms with Crippen molar-refractivity contribution in [2.24, 2.45) is 0 Å². The first-order chi connectivity index (χ1) is 9.13. The Hall–Kier alpha value is -0.770. The highest BCUT2D eigenvalue weighted by molar-refractivity contribution is 6.30. The molecule has 108 valence electrons. The van der Waals surface area contributed by atoms with Crippen LogP contribution in [0.4, 0.5) is 0 Å². The Labute approximate surface area is 121 Å². The molecule has 0 amide bonds. The van der Waals surface area contributed by atoms with Gasteiger partial charge in [0, 0.05) is 36.9 Å². The molecule has 4 heteroatoms. The predicted octanol–water partition coefficient (Wildman–Crippen LogP) is 3.64. The Morgan fingerprint density at radius 2 is 1.95 bits per heavy atom. The SMILES string of the molecule is COCCCCOc1ccc(Cl)cc1CNC(C)C. The molecule has 1 rings (SSSR count). The Bertz CT molecular complexity index is 369. The number of rotatable bonds is 9. The molecule has 1 aromatic carbocycles. The van der Waals surface area contributed by atoms with Gasteiger partial charge in [0.1, 0.15) is 5.75 Å². The van der Waals surface area contributed by atoms with E-state index in [1.807, 2.05) is 18.2 Å². The van der Waals surface area contributed by atoms with Crippen molar-refractivity contribution in [3.63, 3.8) is 0 Å². The fourth-order valence-corrected chi connectivity index (χ4v) is 1.87. The van der Waals surface area contributed by atoms with Crippen LogP contribution in [0.2, 0.25) is 5.02 Å². The molecule has 0 aliphatic rings. The third kappa shape index (κ3) is 6.81. The van der Waals surface area contributed by atoms with Gasteiger partial charge >= 0.3 is 0 Å². The average molecular weight is 286 g/mol. The lowest BCUT2D eigenvalue weighted by Gasteiger charge is -2.14. The van der Waals surface area contributed by atoms with Gasteiger partial charge in [-0.15, -0.1) is 0 Å². The predicted molar refractivity (Wildman–Crippen MR) is 80.0 cm³/mol. The molecule has 19 heavy (non-hydrogen) atoms. The van der Waals surface area contributed by atoms with Gasteiger partial charge in [-0.1, -0.05) is 25.4 Å². The van der Waals surface area contributed by atoms with Crippen molar-refractivity contribution in [3.05, 3.63) is 28.8 Å². The minimum atomic E-state index is 0.438. The minimum absolute atomic E-state index is 0.438. The first-order valence-electron chi connectivity index (χ1n) is 6.77. The monoisotopic (exact) mass is 285 g/mol. The Balaban J connectivity index is 2.50. The maximum Gasteiger partial charge on any atom is 0.123 e. The highest BCUT2D eigenvalue weighted by Gasteiger charge is 2.05. The summed E-state index contributed by atoms with van der Waals surface area (Å²) in [5, 5.41) is 4.12. The van der Waals surface area contributed by atoms with Crippen LogP contribution in [0.15, 0.2) is 18.2 Å². The number of hydrogen-bond donors (Lipinski definition) is 1. The Morgan fingerprint density at radius 3 is 2.63 bits per heavy atom. The quantitative estimate of drug-likeness (QED) is 0.703. The minimum Gasteiger partial charge on any atom is -0.493 e. The molecule has 0 fully saturated rings. The summed E-state index contributed by atoms with van der Waals surface area (Å²) in [5.41, 5.74) is 1.10. The second-order valence-corrected chi connectivity index (χ2v) is 5.27.